The van der Waals surface area contributed by atoms with E-state index in [4.69, 9.17) is 4.98 Å². The first-order valence-corrected chi connectivity index (χ1v) is 8.32. The van der Waals surface area contributed by atoms with Crippen molar-refractivity contribution >= 4 is 11.6 Å². The van der Waals surface area contributed by atoms with Gasteiger partial charge in [-0.15, -0.1) is 0 Å². The first-order chi connectivity index (χ1) is 9.94. The zero-order valence-corrected chi connectivity index (χ0v) is 14.2. The Morgan fingerprint density at radius 2 is 2.05 bits per heavy atom. The van der Waals surface area contributed by atoms with Gasteiger partial charge in [-0.1, -0.05) is 34.1 Å². The third-order valence-electron chi connectivity index (χ3n) is 4.16. The molecule has 1 aliphatic heterocycles. The Kier molecular flexibility index (Phi) is 5.07. The van der Waals surface area contributed by atoms with Gasteiger partial charge in [0.15, 0.2) is 0 Å². The molecular weight excluding hydrogens is 260 g/mol. The summed E-state index contributed by atoms with van der Waals surface area (Å²) in [4.78, 5) is 12.0. The Hall–Kier alpha value is -1.32. The molecular formula is C17H30N4. The molecule has 4 nitrogen and oxygen atoms in total. The molecule has 118 valence electrons. The first-order valence-electron chi connectivity index (χ1n) is 8.32. The summed E-state index contributed by atoms with van der Waals surface area (Å²) < 4.78 is 0. The number of hydrogen-bond acceptors (Lipinski definition) is 4. The van der Waals surface area contributed by atoms with Gasteiger partial charge in [0.25, 0.3) is 0 Å². The minimum Gasteiger partial charge on any atom is -0.370 e. The van der Waals surface area contributed by atoms with E-state index in [2.05, 4.69) is 55.9 Å². The number of nitrogens with zero attached hydrogens (tertiary/aromatic N) is 3. The monoisotopic (exact) mass is 290 g/mol. The van der Waals surface area contributed by atoms with Crippen molar-refractivity contribution in [3.63, 3.8) is 0 Å². The molecule has 1 aromatic heterocycles. The van der Waals surface area contributed by atoms with Gasteiger partial charge in [-0.3, -0.25) is 0 Å². The number of piperidine rings is 1. The molecule has 0 bridgehead atoms. The number of nitrogens with one attached hydrogen (secondary N) is 1. The zero-order valence-electron chi connectivity index (χ0n) is 14.2. The van der Waals surface area contributed by atoms with Gasteiger partial charge in [0.1, 0.15) is 17.5 Å². The molecule has 0 spiro atoms. The molecule has 0 amide bonds. The standard InChI is InChI=1S/C17H30N4/c1-6-13-9-8-10-21(12-13)15-11-14(18-7-2)19-16(20-15)17(3,4)5/h11,13H,6-10,12H2,1-5H3,(H,18,19,20). The second-order valence-corrected chi connectivity index (χ2v) is 7.08. The van der Waals surface area contributed by atoms with E-state index in [9.17, 15) is 0 Å². The van der Waals surface area contributed by atoms with Crippen molar-refractivity contribution in [3.8, 4) is 0 Å². The Balaban J connectivity index is 2.31. The van der Waals surface area contributed by atoms with E-state index in [1.54, 1.807) is 0 Å². The van der Waals surface area contributed by atoms with E-state index in [1.807, 2.05) is 0 Å². The smallest absolute Gasteiger partial charge is 0.138 e. The lowest BCUT2D eigenvalue weighted by molar-refractivity contribution is 0.402. The summed E-state index contributed by atoms with van der Waals surface area (Å²) in [7, 11) is 0. The van der Waals surface area contributed by atoms with Crippen LogP contribution in [0.15, 0.2) is 6.07 Å². The molecule has 1 aliphatic rings. The Labute approximate surface area is 129 Å². The quantitative estimate of drug-likeness (QED) is 0.915. The highest BCUT2D eigenvalue weighted by molar-refractivity contribution is 5.50. The van der Waals surface area contributed by atoms with Gasteiger partial charge in [-0.25, -0.2) is 9.97 Å². The van der Waals surface area contributed by atoms with Crippen molar-refractivity contribution in [2.45, 2.75) is 59.3 Å². The Morgan fingerprint density at radius 1 is 1.29 bits per heavy atom. The van der Waals surface area contributed by atoms with Gasteiger partial charge in [-0.05, 0) is 25.7 Å². The summed E-state index contributed by atoms with van der Waals surface area (Å²) >= 11 is 0. The number of aromatic nitrogens is 2. The summed E-state index contributed by atoms with van der Waals surface area (Å²) in [6.07, 6.45) is 3.88. The van der Waals surface area contributed by atoms with Crippen molar-refractivity contribution in [3.05, 3.63) is 11.9 Å². The van der Waals surface area contributed by atoms with Gasteiger partial charge < -0.3 is 10.2 Å². The molecule has 0 saturated carbocycles. The van der Waals surface area contributed by atoms with Crippen molar-refractivity contribution in [1.82, 2.24) is 9.97 Å². The fourth-order valence-electron chi connectivity index (χ4n) is 2.81. The predicted molar refractivity (Wildman–Crippen MR) is 90.1 cm³/mol. The first kappa shape index (κ1) is 16.1. The average Bonchev–Trinajstić information content (AvgIpc) is 2.46. The molecule has 2 rings (SSSR count). The number of anilines is 2. The molecule has 1 N–H and O–H groups in total. The molecule has 0 radical (unpaired) electrons. The van der Waals surface area contributed by atoms with E-state index in [0.29, 0.717) is 0 Å². The van der Waals surface area contributed by atoms with Crippen LogP contribution in [0.25, 0.3) is 0 Å². The molecule has 1 atom stereocenters. The molecule has 0 aliphatic carbocycles. The number of hydrogen-bond donors (Lipinski definition) is 1. The SMILES string of the molecule is CCNc1cc(N2CCCC(CC)C2)nc(C(C)(C)C)n1. The summed E-state index contributed by atoms with van der Waals surface area (Å²) in [5, 5.41) is 3.35. The second kappa shape index (κ2) is 6.63. The maximum Gasteiger partial charge on any atom is 0.138 e. The van der Waals surface area contributed by atoms with Crippen LogP contribution in [0.5, 0.6) is 0 Å². The normalized spacial score (nSPS) is 19.7. The van der Waals surface area contributed by atoms with Crippen LogP contribution in [0, 0.1) is 5.92 Å². The van der Waals surface area contributed by atoms with E-state index in [0.717, 1.165) is 43.0 Å². The van der Waals surface area contributed by atoms with Crippen molar-refractivity contribution in [2.24, 2.45) is 5.92 Å². The van der Waals surface area contributed by atoms with Crippen LogP contribution in [-0.4, -0.2) is 29.6 Å². The summed E-state index contributed by atoms with van der Waals surface area (Å²) in [6, 6.07) is 2.11. The second-order valence-electron chi connectivity index (χ2n) is 7.08. The molecule has 1 fully saturated rings. The average molecular weight is 290 g/mol. The molecule has 2 heterocycles. The van der Waals surface area contributed by atoms with Gasteiger partial charge in [-0.2, -0.15) is 0 Å². The third-order valence-corrected chi connectivity index (χ3v) is 4.16. The van der Waals surface area contributed by atoms with Crippen molar-refractivity contribution in [1.29, 1.82) is 0 Å². The van der Waals surface area contributed by atoms with Crippen LogP contribution in [-0.2, 0) is 5.41 Å². The maximum absolute atomic E-state index is 4.85. The van der Waals surface area contributed by atoms with Crippen LogP contribution in [0.3, 0.4) is 0 Å². The third kappa shape index (κ3) is 4.08. The zero-order chi connectivity index (χ0) is 15.5. The van der Waals surface area contributed by atoms with Gasteiger partial charge in [0.05, 0.1) is 0 Å². The lowest BCUT2D eigenvalue weighted by atomic mass is 9.95. The minimum absolute atomic E-state index is 0.0277. The molecule has 0 aromatic carbocycles. The highest BCUT2D eigenvalue weighted by Gasteiger charge is 2.23. The van der Waals surface area contributed by atoms with Gasteiger partial charge in [0.2, 0.25) is 0 Å². The van der Waals surface area contributed by atoms with Gasteiger partial charge in [0, 0.05) is 31.1 Å². The van der Waals surface area contributed by atoms with Crippen LogP contribution < -0.4 is 10.2 Å². The fraction of sp³-hybridized carbons (Fsp3) is 0.765. The van der Waals surface area contributed by atoms with E-state index in [-0.39, 0.29) is 5.41 Å². The Morgan fingerprint density at radius 3 is 2.67 bits per heavy atom. The summed E-state index contributed by atoms with van der Waals surface area (Å²) in [5.41, 5.74) is -0.0277. The van der Waals surface area contributed by atoms with E-state index in [1.165, 1.54) is 19.3 Å². The highest BCUT2D eigenvalue weighted by atomic mass is 15.2. The van der Waals surface area contributed by atoms with Crippen molar-refractivity contribution in [2.75, 3.05) is 29.9 Å². The number of rotatable bonds is 4. The minimum atomic E-state index is -0.0277. The van der Waals surface area contributed by atoms with E-state index >= 15 is 0 Å². The molecule has 21 heavy (non-hydrogen) atoms. The van der Waals surface area contributed by atoms with Crippen LogP contribution in [0.2, 0.25) is 0 Å². The molecule has 1 unspecified atom stereocenters. The fourth-order valence-corrected chi connectivity index (χ4v) is 2.81. The summed E-state index contributed by atoms with van der Waals surface area (Å²) in [5.74, 6) is 3.76. The largest absolute Gasteiger partial charge is 0.370 e. The highest BCUT2D eigenvalue weighted by Crippen LogP contribution is 2.28. The van der Waals surface area contributed by atoms with Crippen molar-refractivity contribution < 1.29 is 0 Å². The molecule has 1 aromatic rings. The van der Waals surface area contributed by atoms with Crippen LogP contribution in [0.4, 0.5) is 11.6 Å². The van der Waals surface area contributed by atoms with Crippen LogP contribution >= 0.6 is 0 Å². The molecule has 1 saturated heterocycles. The topological polar surface area (TPSA) is 41.0 Å². The summed E-state index contributed by atoms with van der Waals surface area (Å²) in [6.45, 7) is 14.0. The maximum atomic E-state index is 4.85. The Bertz CT molecular complexity index is 464. The lowest BCUT2D eigenvalue weighted by Crippen LogP contribution is -2.36. The van der Waals surface area contributed by atoms with Crippen LogP contribution in [0.1, 0.15) is 59.7 Å². The predicted octanol–water partition coefficient (Wildman–Crippen LogP) is 3.83. The van der Waals surface area contributed by atoms with Gasteiger partial charge >= 0.3 is 0 Å². The lowest BCUT2D eigenvalue weighted by Gasteiger charge is -2.34. The van der Waals surface area contributed by atoms with E-state index < -0.39 is 0 Å². The molecule has 4 heteroatoms.